The quantitative estimate of drug-likeness (QED) is 0.239. The molecule has 5 rings (SSSR count). The standard InChI is InChI=1S/C33H34ClFN4O4S/c1-33(2,3)31-29-30(23-16-22(42-4)14-15-26(23)43-5)44-19-28(41)38(18-27(40)36-17-20-10-12-21(35)13-11-20)32(29)39(37-31)25-9-7-6-8-24(25)34/h6-16,30H,17-19H2,1-5H3,(H,36,40)/t30-/m1/s1. The summed E-state index contributed by atoms with van der Waals surface area (Å²) in [6, 6.07) is 18.7. The fourth-order valence-corrected chi connectivity index (χ4v) is 6.59. The maximum Gasteiger partial charge on any atom is 0.240 e. The zero-order valence-electron chi connectivity index (χ0n) is 25.2. The van der Waals surface area contributed by atoms with Gasteiger partial charge in [-0.25, -0.2) is 9.07 Å². The molecule has 1 atom stereocenters. The summed E-state index contributed by atoms with van der Waals surface area (Å²) >= 11 is 8.15. The second-order valence-electron chi connectivity index (χ2n) is 11.4. The van der Waals surface area contributed by atoms with Crippen LogP contribution in [0.4, 0.5) is 10.2 Å². The number of fused-ring (bicyclic) bond motifs is 1. The Kier molecular flexibility index (Phi) is 9.22. The van der Waals surface area contributed by atoms with Crippen molar-refractivity contribution in [1.82, 2.24) is 15.1 Å². The van der Waals surface area contributed by atoms with Crippen LogP contribution in [0, 0.1) is 5.82 Å². The Hall–Kier alpha value is -4.02. The molecule has 8 nitrogen and oxygen atoms in total. The van der Waals surface area contributed by atoms with Crippen LogP contribution in [0.3, 0.4) is 0 Å². The van der Waals surface area contributed by atoms with Crippen LogP contribution < -0.4 is 19.7 Å². The maximum absolute atomic E-state index is 14.0. The highest BCUT2D eigenvalue weighted by atomic mass is 35.5. The lowest BCUT2D eigenvalue weighted by Crippen LogP contribution is -2.42. The van der Waals surface area contributed by atoms with E-state index in [2.05, 4.69) is 26.1 Å². The molecule has 0 saturated carbocycles. The van der Waals surface area contributed by atoms with Gasteiger partial charge in [-0.3, -0.25) is 14.5 Å². The first-order chi connectivity index (χ1) is 21.0. The van der Waals surface area contributed by atoms with Gasteiger partial charge in [0.15, 0.2) is 0 Å². The second kappa shape index (κ2) is 12.9. The van der Waals surface area contributed by atoms with E-state index in [1.165, 1.54) is 28.8 Å². The number of amides is 2. The Morgan fingerprint density at radius 2 is 1.82 bits per heavy atom. The Bertz CT molecular complexity index is 1690. The van der Waals surface area contributed by atoms with Crippen molar-refractivity contribution in [2.45, 2.75) is 38.0 Å². The number of carbonyl (C=O) groups excluding carboxylic acids is 2. The van der Waals surface area contributed by atoms with Gasteiger partial charge in [-0.15, -0.1) is 11.8 Å². The zero-order chi connectivity index (χ0) is 31.6. The maximum atomic E-state index is 14.0. The number of carbonyl (C=O) groups is 2. The highest BCUT2D eigenvalue weighted by molar-refractivity contribution is 8.00. The second-order valence-corrected chi connectivity index (χ2v) is 12.9. The molecule has 11 heteroatoms. The Morgan fingerprint density at radius 1 is 1.09 bits per heavy atom. The number of nitrogens with zero attached hydrogens (tertiary/aromatic N) is 3. The molecule has 44 heavy (non-hydrogen) atoms. The minimum atomic E-state index is -0.453. The molecule has 0 spiro atoms. The van der Waals surface area contributed by atoms with Gasteiger partial charge in [0, 0.05) is 23.1 Å². The van der Waals surface area contributed by atoms with Crippen LogP contribution in [0.2, 0.25) is 5.02 Å². The summed E-state index contributed by atoms with van der Waals surface area (Å²) in [7, 11) is 3.21. The summed E-state index contributed by atoms with van der Waals surface area (Å²) in [6.45, 7) is 6.11. The number of halogens is 2. The highest BCUT2D eigenvalue weighted by Gasteiger charge is 2.41. The molecule has 4 aromatic rings. The number of aromatic nitrogens is 2. The number of ether oxygens (including phenoxy) is 2. The number of benzene rings is 3. The number of hydrogen-bond donors (Lipinski definition) is 1. The molecule has 0 aliphatic carbocycles. The van der Waals surface area contributed by atoms with Crippen LogP contribution in [-0.2, 0) is 21.5 Å². The van der Waals surface area contributed by atoms with E-state index in [1.54, 1.807) is 37.1 Å². The van der Waals surface area contributed by atoms with E-state index in [1.807, 2.05) is 36.4 Å². The molecule has 0 radical (unpaired) electrons. The van der Waals surface area contributed by atoms with Crippen molar-refractivity contribution in [1.29, 1.82) is 0 Å². The SMILES string of the molecule is COc1ccc(OC)c([C@H]2SCC(=O)N(CC(=O)NCc3ccc(F)cc3)c3c2c(C(C)(C)C)nn3-c2ccccc2Cl)c1. The first-order valence-electron chi connectivity index (χ1n) is 14.0. The summed E-state index contributed by atoms with van der Waals surface area (Å²) in [5.74, 6) is 0.849. The number of para-hydroxylation sites is 1. The van der Waals surface area contributed by atoms with Crippen LogP contribution in [0.15, 0.2) is 66.7 Å². The van der Waals surface area contributed by atoms with Gasteiger partial charge in [0.25, 0.3) is 0 Å². The van der Waals surface area contributed by atoms with Crippen LogP contribution in [-0.4, -0.2) is 48.1 Å². The first kappa shape index (κ1) is 31.4. The van der Waals surface area contributed by atoms with Gasteiger partial charge >= 0.3 is 0 Å². The zero-order valence-corrected chi connectivity index (χ0v) is 26.8. The number of thioether (sulfide) groups is 1. The fourth-order valence-electron chi connectivity index (χ4n) is 5.16. The molecule has 1 aromatic heterocycles. The van der Waals surface area contributed by atoms with Crippen molar-refractivity contribution in [2.75, 3.05) is 31.4 Å². The van der Waals surface area contributed by atoms with Crippen molar-refractivity contribution >= 4 is 41.0 Å². The number of hydrogen-bond acceptors (Lipinski definition) is 6. The summed E-state index contributed by atoms with van der Waals surface area (Å²) in [6.07, 6.45) is 0. The fraction of sp³-hybridized carbons (Fsp3) is 0.303. The lowest BCUT2D eigenvalue weighted by atomic mass is 9.87. The van der Waals surface area contributed by atoms with Gasteiger partial charge in [-0.2, -0.15) is 5.10 Å². The molecular weight excluding hydrogens is 603 g/mol. The molecule has 0 bridgehead atoms. The summed E-state index contributed by atoms with van der Waals surface area (Å²) in [5, 5.41) is 8.01. The highest BCUT2D eigenvalue weighted by Crippen LogP contribution is 2.51. The predicted molar refractivity (Wildman–Crippen MR) is 172 cm³/mol. The number of anilines is 1. The molecule has 230 valence electrons. The summed E-state index contributed by atoms with van der Waals surface area (Å²) in [5.41, 5.74) is 3.21. The third kappa shape index (κ3) is 6.42. The smallest absolute Gasteiger partial charge is 0.240 e. The van der Waals surface area contributed by atoms with Gasteiger partial charge in [0.2, 0.25) is 11.8 Å². The molecule has 2 heterocycles. The Labute approximate surface area is 265 Å². The number of nitrogens with one attached hydrogen (secondary N) is 1. The summed E-state index contributed by atoms with van der Waals surface area (Å²) in [4.78, 5) is 28.8. The monoisotopic (exact) mass is 636 g/mol. The topological polar surface area (TPSA) is 85.7 Å². The van der Waals surface area contributed by atoms with Crippen molar-refractivity contribution < 1.29 is 23.5 Å². The largest absolute Gasteiger partial charge is 0.497 e. The van der Waals surface area contributed by atoms with Gasteiger partial charge in [-0.1, -0.05) is 56.6 Å². The molecule has 2 amide bonds. The molecule has 0 saturated heterocycles. The van der Waals surface area contributed by atoms with Crippen molar-refractivity contribution in [2.24, 2.45) is 0 Å². The predicted octanol–water partition coefficient (Wildman–Crippen LogP) is 6.47. The third-order valence-corrected chi connectivity index (χ3v) is 8.86. The van der Waals surface area contributed by atoms with E-state index < -0.39 is 10.7 Å². The van der Waals surface area contributed by atoms with Crippen LogP contribution >= 0.6 is 23.4 Å². The normalized spacial score (nSPS) is 15.0. The van der Waals surface area contributed by atoms with E-state index in [9.17, 15) is 14.0 Å². The Morgan fingerprint density at radius 3 is 2.48 bits per heavy atom. The minimum absolute atomic E-state index is 0.0943. The number of rotatable bonds is 8. The molecule has 1 N–H and O–H groups in total. The van der Waals surface area contributed by atoms with Gasteiger partial charge in [0.1, 0.15) is 29.7 Å². The van der Waals surface area contributed by atoms with Crippen molar-refractivity contribution in [3.63, 3.8) is 0 Å². The molecular formula is C33H34ClFN4O4S. The first-order valence-corrected chi connectivity index (χ1v) is 15.5. The average molecular weight is 637 g/mol. The minimum Gasteiger partial charge on any atom is -0.497 e. The van der Waals surface area contributed by atoms with E-state index in [4.69, 9.17) is 26.2 Å². The molecule has 1 aliphatic rings. The summed E-state index contributed by atoms with van der Waals surface area (Å²) < 4.78 is 26.4. The van der Waals surface area contributed by atoms with Crippen LogP contribution in [0.1, 0.15) is 48.4 Å². The van der Waals surface area contributed by atoms with Gasteiger partial charge < -0.3 is 14.8 Å². The van der Waals surface area contributed by atoms with Gasteiger partial charge in [0.05, 0.1) is 41.6 Å². The van der Waals surface area contributed by atoms with Crippen LogP contribution in [0.5, 0.6) is 11.5 Å². The molecule has 3 aromatic carbocycles. The van der Waals surface area contributed by atoms with Crippen LogP contribution in [0.25, 0.3) is 5.69 Å². The molecule has 0 fully saturated rings. The molecule has 0 unspecified atom stereocenters. The van der Waals surface area contributed by atoms with E-state index in [0.717, 1.165) is 22.4 Å². The average Bonchev–Trinajstić information content (AvgIpc) is 3.34. The van der Waals surface area contributed by atoms with E-state index in [-0.39, 0.29) is 36.5 Å². The lowest BCUT2D eigenvalue weighted by molar-refractivity contribution is -0.123. The van der Waals surface area contributed by atoms with Crippen molar-refractivity contribution in [3.05, 3.63) is 100.0 Å². The Balaban J connectivity index is 1.69. The van der Waals surface area contributed by atoms with E-state index in [0.29, 0.717) is 28.0 Å². The van der Waals surface area contributed by atoms with E-state index >= 15 is 0 Å². The third-order valence-electron chi connectivity index (χ3n) is 7.30. The van der Waals surface area contributed by atoms with Gasteiger partial charge in [-0.05, 0) is 48.0 Å². The number of methoxy groups -OCH3 is 2. The van der Waals surface area contributed by atoms with Crippen molar-refractivity contribution in [3.8, 4) is 17.2 Å². The molecule has 1 aliphatic heterocycles. The lowest BCUT2D eigenvalue weighted by Gasteiger charge is -2.25.